The maximum absolute atomic E-state index is 5.44. The van der Waals surface area contributed by atoms with E-state index in [2.05, 4.69) is 21.6 Å². The van der Waals surface area contributed by atoms with Crippen molar-refractivity contribution in [2.75, 3.05) is 18.4 Å². The molecule has 0 saturated carbocycles. The van der Waals surface area contributed by atoms with Gasteiger partial charge in [-0.2, -0.15) is 0 Å². The molecule has 1 heterocycles. The van der Waals surface area contributed by atoms with Crippen LogP contribution in [0.4, 0.5) is 5.69 Å². The lowest BCUT2D eigenvalue weighted by atomic mass is 10.2. The highest BCUT2D eigenvalue weighted by Crippen LogP contribution is 2.13. The van der Waals surface area contributed by atoms with Crippen molar-refractivity contribution in [2.45, 2.75) is 6.42 Å². The molecule has 0 aliphatic carbocycles. The van der Waals surface area contributed by atoms with Crippen molar-refractivity contribution in [2.24, 2.45) is 5.73 Å². The number of nitrogens with one attached hydrogen (secondary N) is 1. The normalized spacial score (nSPS) is 10.3. The largest absolute Gasteiger partial charge is 0.385 e. The molecule has 84 valence electrons. The molecule has 0 atom stereocenters. The van der Waals surface area contributed by atoms with Crippen molar-refractivity contribution in [3.63, 3.8) is 0 Å². The molecule has 3 N–H and O–H groups in total. The van der Waals surface area contributed by atoms with Crippen LogP contribution in [-0.4, -0.2) is 27.9 Å². The van der Waals surface area contributed by atoms with Crippen molar-refractivity contribution >= 4 is 5.69 Å². The summed E-state index contributed by atoms with van der Waals surface area (Å²) in [5, 5.41) is 10.9. The summed E-state index contributed by atoms with van der Waals surface area (Å²) < 4.78 is 1.87. The first kappa shape index (κ1) is 10.6. The molecule has 0 fully saturated rings. The van der Waals surface area contributed by atoms with Crippen molar-refractivity contribution in [3.8, 4) is 5.69 Å². The van der Waals surface area contributed by atoms with Crippen LogP contribution in [0.2, 0.25) is 0 Å². The van der Waals surface area contributed by atoms with E-state index in [0.717, 1.165) is 24.3 Å². The topological polar surface area (TPSA) is 68.8 Å². The number of anilines is 1. The Bertz CT molecular complexity index is 424. The van der Waals surface area contributed by atoms with Crippen LogP contribution in [-0.2, 0) is 0 Å². The van der Waals surface area contributed by atoms with Gasteiger partial charge in [0, 0.05) is 12.2 Å². The fourth-order valence-corrected chi connectivity index (χ4v) is 1.45. The highest BCUT2D eigenvalue weighted by molar-refractivity contribution is 5.50. The molecule has 5 nitrogen and oxygen atoms in total. The van der Waals surface area contributed by atoms with Gasteiger partial charge in [-0.25, -0.2) is 0 Å². The molecule has 0 spiro atoms. The molecule has 1 aromatic heterocycles. The second kappa shape index (κ2) is 5.27. The van der Waals surface area contributed by atoms with Crippen LogP contribution in [0, 0.1) is 0 Å². The summed E-state index contributed by atoms with van der Waals surface area (Å²) in [6, 6.07) is 8.10. The smallest absolute Gasteiger partial charge is 0.123 e. The molecular formula is C11H15N5. The van der Waals surface area contributed by atoms with Crippen LogP contribution in [0.25, 0.3) is 5.69 Å². The average Bonchev–Trinajstić information content (AvgIpc) is 2.83. The molecule has 0 aliphatic rings. The standard InChI is InChI=1S/C11H15N5/c12-5-2-6-13-10-3-1-4-11(7-10)16-8-14-15-9-16/h1,3-4,7-9,13H,2,5-6,12H2. The number of nitrogens with zero attached hydrogens (tertiary/aromatic N) is 3. The van der Waals surface area contributed by atoms with Crippen LogP contribution in [0.3, 0.4) is 0 Å². The Morgan fingerprint density at radius 2 is 2.06 bits per heavy atom. The monoisotopic (exact) mass is 217 g/mol. The maximum Gasteiger partial charge on any atom is 0.123 e. The van der Waals surface area contributed by atoms with Gasteiger partial charge in [-0.15, -0.1) is 10.2 Å². The molecule has 1 aromatic carbocycles. The van der Waals surface area contributed by atoms with Crippen molar-refractivity contribution < 1.29 is 0 Å². The third kappa shape index (κ3) is 2.58. The Morgan fingerprint density at radius 3 is 2.81 bits per heavy atom. The van der Waals surface area contributed by atoms with Crippen LogP contribution in [0.15, 0.2) is 36.9 Å². The van der Waals surface area contributed by atoms with Crippen LogP contribution < -0.4 is 11.1 Å². The van der Waals surface area contributed by atoms with Crippen molar-refractivity contribution in [1.82, 2.24) is 14.8 Å². The molecule has 0 unspecified atom stereocenters. The highest BCUT2D eigenvalue weighted by atomic mass is 15.2. The zero-order valence-corrected chi connectivity index (χ0v) is 9.00. The summed E-state index contributed by atoms with van der Waals surface area (Å²) in [6.07, 6.45) is 4.33. The van der Waals surface area contributed by atoms with E-state index >= 15 is 0 Å². The number of aromatic nitrogens is 3. The number of hydrogen-bond donors (Lipinski definition) is 2. The van der Waals surface area contributed by atoms with E-state index in [1.54, 1.807) is 12.7 Å². The third-order valence-corrected chi connectivity index (χ3v) is 2.27. The van der Waals surface area contributed by atoms with Gasteiger partial charge >= 0.3 is 0 Å². The summed E-state index contributed by atoms with van der Waals surface area (Å²) in [5.41, 5.74) is 7.57. The molecule has 0 radical (unpaired) electrons. The number of hydrogen-bond acceptors (Lipinski definition) is 4. The molecule has 2 aromatic rings. The molecule has 0 aliphatic heterocycles. The Hall–Kier alpha value is -1.88. The van der Waals surface area contributed by atoms with Gasteiger partial charge in [0.2, 0.25) is 0 Å². The van der Waals surface area contributed by atoms with Gasteiger partial charge in [0.25, 0.3) is 0 Å². The molecular weight excluding hydrogens is 202 g/mol. The summed E-state index contributed by atoms with van der Waals surface area (Å²) >= 11 is 0. The Morgan fingerprint density at radius 1 is 1.25 bits per heavy atom. The Labute approximate surface area is 94.3 Å². The van der Waals surface area contributed by atoms with E-state index in [4.69, 9.17) is 5.73 Å². The minimum absolute atomic E-state index is 0.706. The van der Waals surface area contributed by atoms with Crippen molar-refractivity contribution in [1.29, 1.82) is 0 Å². The number of benzene rings is 1. The molecule has 2 rings (SSSR count). The van der Waals surface area contributed by atoms with Gasteiger partial charge in [0.1, 0.15) is 12.7 Å². The summed E-state index contributed by atoms with van der Waals surface area (Å²) in [7, 11) is 0. The SMILES string of the molecule is NCCCNc1cccc(-n2cnnc2)c1. The zero-order valence-electron chi connectivity index (χ0n) is 9.00. The van der Waals surface area contributed by atoms with Gasteiger partial charge in [0.05, 0.1) is 5.69 Å². The number of nitrogens with two attached hydrogens (primary N) is 1. The minimum Gasteiger partial charge on any atom is -0.385 e. The van der Waals surface area contributed by atoms with Crippen molar-refractivity contribution in [3.05, 3.63) is 36.9 Å². The third-order valence-electron chi connectivity index (χ3n) is 2.27. The van der Waals surface area contributed by atoms with E-state index < -0.39 is 0 Å². The second-order valence-corrected chi connectivity index (χ2v) is 3.49. The molecule has 0 saturated heterocycles. The Balaban J connectivity index is 2.08. The van der Waals surface area contributed by atoms with E-state index in [1.807, 2.05) is 22.8 Å². The van der Waals surface area contributed by atoms with Gasteiger partial charge < -0.3 is 11.1 Å². The van der Waals surface area contributed by atoms with E-state index in [9.17, 15) is 0 Å². The highest BCUT2D eigenvalue weighted by Gasteiger charge is 1.97. The fraction of sp³-hybridized carbons (Fsp3) is 0.273. The van der Waals surface area contributed by atoms with E-state index in [0.29, 0.717) is 6.54 Å². The lowest BCUT2D eigenvalue weighted by Gasteiger charge is -2.07. The molecule has 0 bridgehead atoms. The van der Waals surface area contributed by atoms with Crippen LogP contribution in [0.1, 0.15) is 6.42 Å². The van der Waals surface area contributed by atoms with Gasteiger partial charge in [-0.05, 0) is 31.2 Å². The average molecular weight is 217 g/mol. The zero-order chi connectivity index (χ0) is 11.2. The molecule has 0 amide bonds. The predicted molar refractivity (Wildman–Crippen MR) is 63.5 cm³/mol. The molecule has 5 heteroatoms. The first-order chi connectivity index (χ1) is 7.90. The van der Waals surface area contributed by atoms with Crippen LogP contribution in [0.5, 0.6) is 0 Å². The van der Waals surface area contributed by atoms with Crippen LogP contribution >= 0.6 is 0 Å². The lowest BCUT2D eigenvalue weighted by Crippen LogP contribution is -2.08. The fourth-order valence-electron chi connectivity index (χ4n) is 1.45. The first-order valence-electron chi connectivity index (χ1n) is 5.29. The summed E-state index contributed by atoms with van der Waals surface area (Å²) in [4.78, 5) is 0. The molecule has 16 heavy (non-hydrogen) atoms. The quantitative estimate of drug-likeness (QED) is 0.734. The van der Waals surface area contributed by atoms with Gasteiger partial charge in [0.15, 0.2) is 0 Å². The predicted octanol–water partition coefficient (Wildman–Crippen LogP) is 1.03. The van der Waals surface area contributed by atoms with E-state index in [-0.39, 0.29) is 0 Å². The maximum atomic E-state index is 5.44. The number of rotatable bonds is 5. The first-order valence-corrected chi connectivity index (χ1v) is 5.29. The lowest BCUT2D eigenvalue weighted by molar-refractivity contribution is 0.874. The van der Waals surface area contributed by atoms with Gasteiger partial charge in [-0.1, -0.05) is 6.07 Å². The van der Waals surface area contributed by atoms with E-state index in [1.165, 1.54) is 0 Å². The summed E-state index contributed by atoms with van der Waals surface area (Å²) in [5.74, 6) is 0. The van der Waals surface area contributed by atoms with Gasteiger partial charge in [-0.3, -0.25) is 4.57 Å². The minimum atomic E-state index is 0.706. The Kier molecular flexibility index (Phi) is 3.50. The second-order valence-electron chi connectivity index (χ2n) is 3.49. The summed E-state index contributed by atoms with van der Waals surface area (Å²) in [6.45, 7) is 1.60.